The Labute approximate surface area is 187 Å². The van der Waals surface area contributed by atoms with Crippen molar-refractivity contribution in [3.05, 3.63) is 87.3 Å². The first kappa shape index (κ1) is 22.3. The lowest BCUT2D eigenvalue weighted by molar-refractivity contribution is -0.120. The Bertz CT molecular complexity index is 979. The molecule has 0 bridgehead atoms. The van der Waals surface area contributed by atoms with E-state index in [2.05, 4.69) is 10.6 Å². The standard InChI is InChI=1S/C22H20ClFN2O2S2/c1-14(30-13-20(27)25-19-8-6-18(24)7-9-19)22(28)26-21(16-10-11-29-12-16)15-2-4-17(23)5-3-15/h2-12,14,21H,13H2,1H3,(H,25,27)(H,26,28). The molecule has 1 aromatic heterocycles. The van der Waals surface area contributed by atoms with Crippen molar-refractivity contribution in [3.63, 3.8) is 0 Å². The molecule has 0 aliphatic heterocycles. The van der Waals surface area contributed by atoms with Gasteiger partial charge >= 0.3 is 0 Å². The summed E-state index contributed by atoms with van der Waals surface area (Å²) in [6, 6.07) is 14.6. The molecule has 0 aliphatic rings. The molecule has 4 nitrogen and oxygen atoms in total. The first-order chi connectivity index (χ1) is 14.4. The molecule has 3 rings (SSSR count). The molecule has 2 amide bonds. The van der Waals surface area contributed by atoms with Gasteiger partial charge in [0.2, 0.25) is 11.8 Å². The number of thioether (sulfide) groups is 1. The molecule has 30 heavy (non-hydrogen) atoms. The Morgan fingerprint density at radius 3 is 2.40 bits per heavy atom. The van der Waals surface area contributed by atoms with Crippen molar-refractivity contribution in [3.8, 4) is 0 Å². The Morgan fingerprint density at radius 1 is 1.07 bits per heavy atom. The van der Waals surface area contributed by atoms with Gasteiger partial charge in [0.05, 0.1) is 17.0 Å². The summed E-state index contributed by atoms with van der Waals surface area (Å²) in [5.41, 5.74) is 2.43. The fourth-order valence-corrected chi connectivity index (χ4v) is 4.22. The van der Waals surface area contributed by atoms with E-state index in [-0.39, 0.29) is 29.4 Å². The maximum atomic E-state index is 12.9. The maximum Gasteiger partial charge on any atom is 0.234 e. The summed E-state index contributed by atoms with van der Waals surface area (Å²) in [6.07, 6.45) is 0. The van der Waals surface area contributed by atoms with Gasteiger partial charge in [-0.05, 0) is 71.3 Å². The molecule has 8 heteroatoms. The first-order valence-electron chi connectivity index (χ1n) is 9.17. The first-order valence-corrected chi connectivity index (χ1v) is 11.5. The topological polar surface area (TPSA) is 58.2 Å². The van der Waals surface area contributed by atoms with Gasteiger partial charge in [-0.25, -0.2) is 4.39 Å². The highest BCUT2D eigenvalue weighted by Gasteiger charge is 2.22. The summed E-state index contributed by atoms with van der Waals surface area (Å²) in [5.74, 6) is -0.677. The molecule has 2 aromatic carbocycles. The SMILES string of the molecule is CC(SCC(=O)Nc1ccc(F)cc1)C(=O)NC(c1ccc(Cl)cc1)c1ccsc1. The molecule has 2 unspecified atom stereocenters. The predicted molar refractivity (Wildman–Crippen MR) is 123 cm³/mol. The van der Waals surface area contributed by atoms with E-state index in [1.165, 1.54) is 36.0 Å². The number of rotatable bonds is 8. The summed E-state index contributed by atoms with van der Waals surface area (Å²) in [5, 5.41) is 9.90. The molecule has 2 N–H and O–H groups in total. The Balaban J connectivity index is 1.57. The summed E-state index contributed by atoms with van der Waals surface area (Å²) in [7, 11) is 0. The minimum absolute atomic E-state index is 0.107. The van der Waals surface area contributed by atoms with Crippen LogP contribution in [0.2, 0.25) is 5.02 Å². The van der Waals surface area contributed by atoms with Crippen LogP contribution in [0.4, 0.5) is 10.1 Å². The van der Waals surface area contributed by atoms with E-state index in [1.54, 1.807) is 30.4 Å². The van der Waals surface area contributed by atoms with Crippen LogP contribution in [0.25, 0.3) is 0 Å². The molecule has 156 valence electrons. The third kappa shape index (κ3) is 6.32. The zero-order valence-electron chi connectivity index (χ0n) is 16.1. The highest BCUT2D eigenvalue weighted by atomic mass is 35.5. The summed E-state index contributed by atoms with van der Waals surface area (Å²) >= 11 is 8.78. The van der Waals surface area contributed by atoms with Crippen LogP contribution in [0.3, 0.4) is 0 Å². The van der Waals surface area contributed by atoms with Gasteiger partial charge in [0.15, 0.2) is 0 Å². The average Bonchev–Trinajstić information content (AvgIpc) is 3.27. The van der Waals surface area contributed by atoms with E-state index >= 15 is 0 Å². The summed E-state index contributed by atoms with van der Waals surface area (Å²) in [6.45, 7) is 1.76. The van der Waals surface area contributed by atoms with Crippen LogP contribution in [0.5, 0.6) is 0 Å². The molecular weight excluding hydrogens is 443 g/mol. The van der Waals surface area contributed by atoms with Gasteiger partial charge in [-0.15, -0.1) is 11.8 Å². The number of carbonyl (C=O) groups excluding carboxylic acids is 2. The van der Waals surface area contributed by atoms with Crippen LogP contribution in [0.15, 0.2) is 65.4 Å². The molecule has 0 saturated heterocycles. The van der Waals surface area contributed by atoms with E-state index in [1.807, 2.05) is 29.0 Å². The molecular formula is C22H20ClFN2O2S2. The van der Waals surface area contributed by atoms with E-state index < -0.39 is 5.25 Å². The zero-order valence-corrected chi connectivity index (χ0v) is 18.5. The molecule has 0 aliphatic carbocycles. The molecule has 1 heterocycles. The summed E-state index contributed by atoms with van der Waals surface area (Å²) in [4.78, 5) is 24.9. The van der Waals surface area contributed by atoms with Crippen LogP contribution >= 0.6 is 34.7 Å². The van der Waals surface area contributed by atoms with Crippen LogP contribution in [0.1, 0.15) is 24.1 Å². The minimum atomic E-state index is -0.433. The largest absolute Gasteiger partial charge is 0.344 e. The van der Waals surface area contributed by atoms with E-state index in [0.717, 1.165) is 11.1 Å². The van der Waals surface area contributed by atoms with Crippen LogP contribution in [-0.4, -0.2) is 22.8 Å². The third-order valence-electron chi connectivity index (χ3n) is 4.33. The quantitative estimate of drug-likeness (QED) is 0.464. The van der Waals surface area contributed by atoms with Crippen LogP contribution in [0, 0.1) is 5.82 Å². The molecule has 0 saturated carbocycles. The highest BCUT2D eigenvalue weighted by molar-refractivity contribution is 8.01. The molecule has 0 fully saturated rings. The number of hydrogen-bond donors (Lipinski definition) is 2. The molecule has 3 aromatic rings. The van der Waals surface area contributed by atoms with Gasteiger partial charge in [0.25, 0.3) is 0 Å². The Hall–Kier alpha value is -2.35. The van der Waals surface area contributed by atoms with Gasteiger partial charge in [-0.3, -0.25) is 9.59 Å². The minimum Gasteiger partial charge on any atom is -0.344 e. The Kier molecular flexibility index (Phi) is 7.90. The van der Waals surface area contributed by atoms with Crippen molar-refractivity contribution in [2.75, 3.05) is 11.1 Å². The number of benzene rings is 2. The Morgan fingerprint density at radius 2 is 1.77 bits per heavy atom. The number of nitrogens with one attached hydrogen (secondary N) is 2. The van der Waals surface area contributed by atoms with Crippen molar-refractivity contribution in [2.45, 2.75) is 18.2 Å². The van der Waals surface area contributed by atoms with Crippen LogP contribution < -0.4 is 10.6 Å². The second kappa shape index (κ2) is 10.6. The third-order valence-corrected chi connectivity index (χ3v) is 6.42. The zero-order chi connectivity index (χ0) is 21.5. The number of amides is 2. The lowest BCUT2D eigenvalue weighted by Crippen LogP contribution is -2.35. The van der Waals surface area contributed by atoms with Gasteiger partial charge in [-0.1, -0.05) is 23.7 Å². The van der Waals surface area contributed by atoms with E-state index in [4.69, 9.17) is 11.6 Å². The van der Waals surface area contributed by atoms with Gasteiger partial charge in [0.1, 0.15) is 5.82 Å². The van der Waals surface area contributed by atoms with Gasteiger partial charge in [-0.2, -0.15) is 11.3 Å². The molecule has 0 spiro atoms. The van der Waals surface area contributed by atoms with Crippen molar-refractivity contribution >= 4 is 52.2 Å². The summed E-state index contributed by atoms with van der Waals surface area (Å²) < 4.78 is 12.9. The van der Waals surface area contributed by atoms with E-state index in [0.29, 0.717) is 10.7 Å². The second-order valence-electron chi connectivity index (χ2n) is 6.56. The number of carbonyl (C=O) groups is 2. The number of thiophene rings is 1. The predicted octanol–water partition coefficient (Wildman–Crippen LogP) is 5.51. The van der Waals surface area contributed by atoms with Crippen molar-refractivity contribution in [1.82, 2.24) is 5.32 Å². The number of hydrogen-bond acceptors (Lipinski definition) is 4. The second-order valence-corrected chi connectivity index (χ2v) is 9.10. The average molecular weight is 463 g/mol. The van der Waals surface area contributed by atoms with Crippen molar-refractivity contribution in [1.29, 1.82) is 0 Å². The molecule has 0 radical (unpaired) electrons. The lowest BCUT2D eigenvalue weighted by atomic mass is 10.0. The number of halogens is 2. The normalized spacial score (nSPS) is 12.8. The van der Waals surface area contributed by atoms with Gasteiger partial charge in [0, 0.05) is 10.7 Å². The van der Waals surface area contributed by atoms with Crippen molar-refractivity contribution in [2.24, 2.45) is 0 Å². The monoisotopic (exact) mass is 462 g/mol. The van der Waals surface area contributed by atoms with Crippen LogP contribution in [-0.2, 0) is 9.59 Å². The fraction of sp³-hybridized carbons (Fsp3) is 0.182. The highest BCUT2D eigenvalue weighted by Crippen LogP contribution is 2.26. The van der Waals surface area contributed by atoms with Crippen molar-refractivity contribution < 1.29 is 14.0 Å². The molecule has 2 atom stereocenters. The number of anilines is 1. The smallest absolute Gasteiger partial charge is 0.234 e. The van der Waals surface area contributed by atoms with E-state index in [9.17, 15) is 14.0 Å². The van der Waals surface area contributed by atoms with Gasteiger partial charge < -0.3 is 10.6 Å². The lowest BCUT2D eigenvalue weighted by Gasteiger charge is -2.21. The fourth-order valence-electron chi connectivity index (χ4n) is 2.72. The maximum absolute atomic E-state index is 12.9.